The van der Waals surface area contributed by atoms with Crippen molar-refractivity contribution in [2.75, 3.05) is 0 Å². The number of rotatable bonds is 1. The Bertz CT molecular complexity index is 575. The minimum atomic E-state index is -4.56. The first-order valence-electron chi connectivity index (χ1n) is 5.04. The zero-order chi connectivity index (χ0) is 13.3. The molecule has 2 aromatic carbocycles. The molecular formula is C13H8F4O. The molecule has 0 aliphatic carbocycles. The third-order valence-corrected chi connectivity index (χ3v) is 2.44. The molecule has 5 heteroatoms. The lowest BCUT2D eigenvalue weighted by molar-refractivity contribution is -0.137. The van der Waals surface area contributed by atoms with Gasteiger partial charge in [-0.2, -0.15) is 13.2 Å². The lowest BCUT2D eigenvalue weighted by atomic mass is 9.99. The molecule has 0 heterocycles. The minimum Gasteiger partial charge on any atom is -0.508 e. The van der Waals surface area contributed by atoms with Gasteiger partial charge in [-0.3, -0.25) is 0 Å². The monoisotopic (exact) mass is 256 g/mol. The van der Waals surface area contributed by atoms with Gasteiger partial charge in [0.1, 0.15) is 11.6 Å². The van der Waals surface area contributed by atoms with Gasteiger partial charge in [0.05, 0.1) is 5.56 Å². The second-order valence-electron chi connectivity index (χ2n) is 3.74. The number of hydrogen-bond donors (Lipinski definition) is 1. The van der Waals surface area contributed by atoms with E-state index in [-0.39, 0.29) is 16.9 Å². The van der Waals surface area contributed by atoms with Crippen LogP contribution in [0.4, 0.5) is 17.6 Å². The first kappa shape index (κ1) is 12.4. The summed E-state index contributed by atoms with van der Waals surface area (Å²) in [5.41, 5.74) is -1.09. The summed E-state index contributed by atoms with van der Waals surface area (Å²) in [5.74, 6) is -0.939. The zero-order valence-electron chi connectivity index (χ0n) is 9.00. The predicted octanol–water partition coefficient (Wildman–Crippen LogP) is 4.22. The number of alkyl halides is 3. The fourth-order valence-electron chi connectivity index (χ4n) is 1.67. The average molecular weight is 256 g/mol. The van der Waals surface area contributed by atoms with Gasteiger partial charge in [0.15, 0.2) is 0 Å². The van der Waals surface area contributed by atoms with Crippen molar-refractivity contribution in [3.63, 3.8) is 0 Å². The van der Waals surface area contributed by atoms with Crippen molar-refractivity contribution in [1.29, 1.82) is 0 Å². The first-order chi connectivity index (χ1) is 8.38. The Morgan fingerprint density at radius 1 is 0.944 bits per heavy atom. The van der Waals surface area contributed by atoms with Gasteiger partial charge >= 0.3 is 6.18 Å². The van der Waals surface area contributed by atoms with E-state index < -0.39 is 17.6 Å². The maximum absolute atomic E-state index is 13.0. The quantitative estimate of drug-likeness (QED) is 0.757. The van der Waals surface area contributed by atoms with Crippen LogP contribution in [0.2, 0.25) is 0 Å². The van der Waals surface area contributed by atoms with Crippen LogP contribution < -0.4 is 0 Å². The third-order valence-electron chi connectivity index (χ3n) is 2.44. The van der Waals surface area contributed by atoms with Crippen LogP contribution in [0, 0.1) is 5.82 Å². The molecule has 0 aliphatic rings. The predicted molar refractivity (Wildman–Crippen MR) is 58.5 cm³/mol. The highest BCUT2D eigenvalue weighted by Crippen LogP contribution is 2.38. The summed E-state index contributed by atoms with van der Waals surface area (Å²) in [6.07, 6.45) is -4.56. The van der Waals surface area contributed by atoms with E-state index >= 15 is 0 Å². The number of aromatic hydroxyl groups is 1. The molecule has 0 saturated carbocycles. The van der Waals surface area contributed by atoms with Gasteiger partial charge in [-0.25, -0.2) is 4.39 Å². The Labute approximate surface area is 100 Å². The van der Waals surface area contributed by atoms with Crippen LogP contribution in [-0.2, 0) is 6.18 Å². The standard InChI is InChI=1S/C13H8F4O/c14-9-3-1-2-8(6-9)11-7-10(18)4-5-12(11)13(15,16)17/h1-7,18H. The van der Waals surface area contributed by atoms with Crippen LogP contribution in [-0.4, -0.2) is 5.11 Å². The van der Waals surface area contributed by atoms with Crippen LogP contribution in [0.3, 0.4) is 0 Å². The zero-order valence-corrected chi connectivity index (χ0v) is 9.00. The van der Waals surface area contributed by atoms with Gasteiger partial charge in [0, 0.05) is 0 Å². The van der Waals surface area contributed by atoms with Crippen molar-refractivity contribution in [2.24, 2.45) is 0 Å². The molecule has 2 rings (SSSR count). The number of halogens is 4. The molecular weight excluding hydrogens is 248 g/mol. The van der Waals surface area contributed by atoms with Gasteiger partial charge in [-0.15, -0.1) is 0 Å². The molecule has 1 N–H and O–H groups in total. The van der Waals surface area contributed by atoms with E-state index in [0.717, 1.165) is 30.3 Å². The van der Waals surface area contributed by atoms with Crippen LogP contribution in [0.5, 0.6) is 5.75 Å². The SMILES string of the molecule is Oc1ccc(C(F)(F)F)c(-c2cccc(F)c2)c1. The molecule has 94 valence electrons. The highest BCUT2D eigenvalue weighted by molar-refractivity contribution is 5.69. The van der Waals surface area contributed by atoms with Crippen molar-refractivity contribution in [2.45, 2.75) is 6.18 Å². The Hall–Kier alpha value is -2.04. The van der Waals surface area contributed by atoms with E-state index in [1.165, 1.54) is 12.1 Å². The molecule has 0 unspecified atom stereocenters. The molecule has 1 nitrogen and oxygen atoms in total. The molecule has 0 spiro atoms. The Balaban J connectivity index is 2.66. The lowest BCUT2D eigenvalue weighted by Gasteiger charge is -2.13. The molecule has 0 aliphatic heterocycles. The Morgan fingerprint density at radius 3 is 2.28 bits per heavy atom. The molecule has 0 saturated heterocycles. The van der Waals surface area contributed by atoms with Crippen LogP contribution >= 0.6 is 0 Å². The number of phenols is 1. The fourth-order valence-corrected chi connectivity index (χ4v) is 1.67. The second kappa shape index (κ2) is 4.33. The third kappa shape index (κ3) is 2.45. The van der Waals surface area contributed by atoms with E-state index in [1.807, 2.05) is 0 Å². The highest BCUT2D eigenvalue weighted by Gasteiger charge is 2.33. The number of hydrogen-bond acceptors (Lipinski definition) is 1. The van der Waals surface area contributed by atoms with Gasteiger partial charge in [0.25, 0.3) is 0 Å². The number of phenolic OH excluding ortho intramolecular Hbond substituents is 1. The smallest absolute Gasteiger partial charge is 0.417 e. The van der Waals surface area contributed by atoms with Gasteiger partial charge < -0.3 is 5.11 Å². The van der Waals surface area contributed by atoms with Crippen molar-refractivity contribution < 1.29 is 22.7 Å². The maximum atomic E-state index is 13.0. The van der Waals surface area contributed by atoms with E-state index in [9.17, 15) is 22.7 Å². The van der Waals surface area contributed by atoms with Crippen molar-refractivity contribution in [3.05, 3.63) is 53.8 Å². The summed E-state index contributed by atoms with van der Waals surface area (Å²) >= 11 is 0. The van der Waals surface area contributed by atoms with Gasteiger partial charge in [-0.1, -0.05) is 12.1 Å². The molecule has 0 atom stereocenters. The van der Waals surface area contributed by atoms with Gasteiger partial charge in [-0.05, 0) is 41.5 Å². The normalized spacial score (nSPS) is 11.6. The molecule has 0 fully saturated rings. The largest absolute Gasteiger partial charge is 0.508 e. The van der Waals surface area contributed by atoms with Crippen LogP contribution in [0.25, 0.3) is 11.1 Å². The van der Waals surface area contributed by atoms with Crippen LogP contribution in [0.15, 0.2) is 42.5 Å². The van der Waals surface area contributed by atoms with Crippen molar-refractivity contribution in [1.82, 2.24) is 0 Å². The first-order valence-corrected chi connectivity index (χ1v) is 5.04. The highest BCUT2D eigenvalue weighted by atomic mass is 19.4. The lowest BCUT2D eigenvalue weighted by Crippen LogP contribution is -2.06. The molecule has 2 aromatic rings. The van der Waals surface area contributed by atoms with E-state index in [0.29, 0.717) is 0 Å². The summed E-state index contributed by atoms with van der Waals surface area (Å²) in [7, 11) is 0. The van der Waals surface area contributed by atoms with Crippen LogP contribution in [0.1, 0.15) is 5.56 Å². The molecule has 0 amide bonds. The maximum Gasteiger partial charge on any atom is 0.417 e. The summed E-state index contributed by atoms with van der Waals surface area (Å²) in [6.45, 7) is 0. The molecule has 18 heavy (non-hydrogen) atoms. The fraction of sp³-hybridized carbons (Fsp3) is 0.0769. The molecule has 0 bridgehead atoms. The topological polar surface area (TPSA) is 20.2 Å². The Morgan fingerprint density at radius 2 is 1.67 bits per heavy atom. The van der Waals surface area contributed by atoms with Crippen molar-refractivity contribution >= 4 is 0 Å². The van der Waals surface area contributed by atoms with E-state index in [2.05, 4.69) is 0 Å². The molecule has 0 aromatic heterocycles. The summed E-state index contributed by atoms with van der Waals surface area (Å²) in [4.78, 5) is 0. The van der Waals surface area contributed by atoms with E-state index in [1.54, 1.807) is 0 Å². The molecule has 0 radical (unpaired) electrons. The summed E-state index contributed by atoms with van der Waals surface area (Å²) in [5, 5.41) is 9.27. The average Bonchev–Trinajstić information content (AvgIpc) is 2.27. The second-order valence-corrected chi connectivity index (χ2v) is 3.74. The van der Waals surface area contributed by atoms with E-state index in [4.69, 9.17) is 0 Å². The van der Waals surface area contributed by atoms with Gasteiger partial charge in [0.2, 0.25) is 0 Å². The number of benzene rings is 2. The minimum absolute atomic E-state index is 0.0678. The Kier molecular flexibility index (Phi) is 2.98. The summed E-state index contributed by atoms with van der Waals surface area (Å²) in [6, 6.07) is 7.49. The van der Waals surface area contributed by atoms with Crippen molar-refractivity contribution in [3.8, 4) is 16.9 Å². The summed E-state index contributed by atoms with van der Waals surface area (Å²) < 4.78 is 51.4.